The van der Waals surface area contributed by atoms with Gasteiger partial charge in [-0.05, 0) is 12.8 Å². The van der Waals surface area contributed by atoms with Crippen LogP contribution in [0, 0.1) is 0 Å². The van der Waals surface area contributed by atoms with Crippen molar-refractivity contribution < 1.29 is 19.5 Å². The highest BCUT2D eigenvalue weighted by Crippen LogP contribution is 2.32. The highest BCUT2D eigenvalue weighted by Gasteiger charge is 2.37. The van der Waals surface area contributed by atoms with Crippen LogP contribution < -0.4 is 11.1 Å². The van der Waals surface area contributed by atoms with E-state index in [1.165, 1.54) is 11.8 Å². The van der Waals surface area contributed by atoms with Crippen molar-refractivity contribution in [3.63, 3.8) is 0 Å². The molecule has 0 unspecified atom stereocenters. The molecule has 19 heavy (non-hydrogen) atoms. The fraction of sp³-hybridized carbons (Fsp3) is 0.750. The average molecular weight is 288 g/mol. The fourth-order valence-corrected chi connectivity index (χ4v) is 3.06. The number of carboxylic acids is 1. The molecule has 1 saturated carbocycles. The molecule has 1 aliphatic carbocycles. The van der Waals surface area contributed by atoms with Crippen LogP contribution in [0.4, 0.5) is 0 Å². The summed E-state index contributed by atoms with van der Waals surface area (Å²) in [5.41, 5.74) is 4.42. The van der Waals surface area contributed by atoms with Crippen LogP contribution in [-0.2, 0) is 14.4 Å². The van der Waals surface area contributed by atoms with E-state index in [-0.39, 0.29) is 24.5 Å². The van der Waals surface area contributed by atoms with E-state index in [0.29, 0.717) is 5.75 Å². The zero-order valence-electron chi connectivity index (χ0n) is 10.8. The van der Waals surface area contributed by atoms with Gasteiger partial charge in [0.2, 0.25) is 11.8 Å². The standard InChI is InChI=1S/C12H20N2O4S/c13-9(15)8-19-6-3-10(16)14-12(7-11(17)18)4-1-2-5-12/h1-8H2,(H2,13,15)(H,14,16)(H,17,18). The summed E-state index contributed by atoms with van der Waals surface area (Å²) >= 11 is 1.31. The van der Waals surface area contributed by atoms with Gasteiger partial charge in [0.15, 0.2) is 0 Å². The number of nitrogens with one attached hydrogen (secondary N) is 1. The third-order valence-electron chi connectivity index (χ3n) is 3.17. The summed E-state index contributed by atoms with van der Waals surface area (Å²) in [6.45, 7) is 0. The molecule has 4 N–H and O–H groups in total. The van der Waals surface area contributed by atoms with Crippen molar-refractivity contribution in [2.24, 2.45) is 5.73 Å². The number of amides is 2. The van der Waals surface area contributed by atoms with Gasteiger partial charge in [-0.3, -0.25) is 14.4 Å². The van der Waals surface area contributed by atoms with Crippen LogP contribution in [0.2, 0.25) is 0 Å². The molecular weight excluding hydrogens is 268 g/mol. The van der Waals surface area contributed by atoms with Gasteiger partial charge >= 0.3 is 5.97 Å². The molecule has 0 bridgehead atoms. The molecule has 0 saturated heterocycles. The molecule has 0 spiro atoms. The first-order chi connectivity index (χ1) is 8.93. The van der Waals surface area contributed by atoms with E-state index >= 15 is 0 Å². The van der Waals surface area contributed by atoms with Gasteiger partial charge in [0.05, 0.1) is 17.7 Å². The summed E-state index contributed by atoms with van der Waals surface area (Å²) in [4.78, 5) is 33.2. The molecule has 1 aliphatic rings. The molecule has 1 rings (SSSR count). The predicted molar refractivity (Wildman–Crippen MR) is 72.7 cm³/mol. The van der Waals surface area contributed by atoms with E-state index in [2.05, 4.69) is 5.32 Å². The van der Waals surface area contributed by atoms with Crippen molar-refractivity contribution in [2.45, 2.75) is 44.1 Å². The second-order valence-electron chi connectivity index (χ2n) is 4.88. The number of primary amides is 1. The molecule has 7 heteroatoms. The Morgan fingerprint density at radius 3 is 2.42 bits per heavy atom. The molecular formula is C12H20N2O4S. The van der Waals surface area contributed by atoms with Crippen LogP contribution in [0.5, 0.6) is 0 Å². The Morgan fingerprint density at radius 1 is 1.26 bits per heavy atom. The van der Waals surface area contributed by atoms with Crippen LogP contribution in [0.3, 0.4) is 0 Å². The Morgan fingerprint density at radius 2 is 1.89 bits per heavy atom. The average Bonchev–Trinajstić information content (AvgIpc) is 2.71. The van der Waals surface area contributed by atoms with E-state index in [1.54, 1.807) is 0 Å². The van der Waals surface area contributed by atoms with Crippen molar-refractivity contribution in [1.82, 2.24) is 5.32 Å². The smallest absolute Gasteiger partial charge is 0.305 e. The van der Waals surface area contributed by atoms with Crippen LogP contribution in [0.15, 0.2) is 0 Å². The summed E-state index contributed by atoms with van der Waals surface area (Å²) in [6.07, 6.45) is 3.60. The van der Waals surface area contributed by atoms with Crippen molar-refractivity contribution in [2.75, 3.05) is 11.5 Å². The summed E-state index contributed by atoms with van der Waals surface area (Å²) in [5, 5.41) is 11.8. The molecule has 0 atom stereocenters. The van der Waals surface area contributed by atoms with Crippen molar-refractivity contribution >= 4 is 29.5 Å². The molecule has 0 aliphatic heterocycles. The van der Waals surface area contributed by atoms with Crippen molar-refractivity contribution in [3.05, 3.63) is 0 Å². The lowest BCUT2D eigenvalue weighted by atomic mass is 9.93. The summed E-state index contributed by atoms with van der Waals surface area (Å²) in [6, 6.07) is 0. The number of hydrogen-bond acceptors (Lipinski definition) is 4. The lowest BCUT2D eigenvalue weighted by Crippen LogP contribution is -2.47. The van der Waals surface area contributed by atoms with Gasteiger partial charge in [0, 0.05) is 12.2 Å². The quantitative estimate of drug-likeness (QED) is 0.563. The van der Waals surface area contributed by atoms with Crippen molar-refractivity contribution in [3.8, 4) is 0 Å². The van der Waals surface area contributed by atoms with Crippen molar-refractivity contribution in [1.29, 1.82) is 0 Å². The van der Waals surface area contributed by atoms with E-state index in [4.69, 9.17) is 10.8 Å². The van der Waals surface area contributed by atoms with Crippen LogP contribution >= 0.6 is 11.8 Å². The first kappa shape index (κ1) is 15.8. The monoisotopic (exact) mass is 288 g/mol. The number of carbonyl (C=O) groups excluding carboxylic acids is 2. The Bertz CT molecular complexity index is 354. The molecule has 2 amide bonds. The minimum absolute atomic E-state index is 0.0207. The number of rotatable bonds is 8. The third kappa shape index (κ3) is 5.96. The number of carbonyl (C=O) groups is 3. The molecule has 108 valence electrons. The van der Waals surface area contributed by atoms with Gasteiger partial charge in [-0.1, -0.05) is 12.8 Å². The number of aliphatic carboxylic acids is 1. The maximum Gasteiger partial charge on any atom is 0.305 e. The van der Waals surface area contributed by atoms with E-state index < -0.39 is 17.4 Å². The number of thioether (sulfide) groups is 1. The molecule has 1 fully saturated rings. The lowest BCUT2D eigenvalue weighted by Gasteiger charge is -2.28. The molecule has 0 aromatic rings. The molecule has 0 radical (unpaired) electrons. The normalized spacial score (nSPS) is 17.1. The third-order valence-corrected chi connectivity index (χ3v) is 4.15. The summed E-state index contributed by atoms with van der Waals surface area (Å²) < 4.78 is 0. The molecule has 0 heterocycles. The Balaban J connectivity index is 2.35. The second kappa shape index (κ2) is 7.37. The Hall–Kier alpha value is -1.24. The number of nitrogens with two attached hydrogens (primary N) is 1. The summed E-state index contributed by atoms with van der Waals surface area (Å²) in [5.74, 6) is -0.722. The fourth-order valence-electron chi connectivity index (χ4n) is 2.38. The zero-order valence-corrected chi connectivity index (χ0v) is 11.6. The van der Waals surface area contributed by atoms with E-state index in [1.807, 2.05) is 0 Å². The van der Waals surface area contributed by atoms with Gasteiger partial charge in [-0.25, -0.2) is 0 Å². The maximum absolute atomic E-state index is 11.8. The Kier molecular flexibility index (Phi) is 6.14. The summed E-state index contributed by atoms with van der Waals surface area (Å²) in [7, 11) is 0. The highest BCUT2D eigenvalue weighted by atomic mass is 32.2. The predicted octanol–water partition coefficient (Wildman–Crippen LogP) is 0.499. The number of carboxylic acid groups (broad SMARTS) is 1. The second-order valence-corrected chi connectivity index (χ2v) is 5.98. The minimum atomic E-state index is -0.884. The van der Waals surface area contributed by atoms with Crippen LogP contribution in [-0.4, -0.2) is 39.9 Å². The lowest BCUT2D eigenvalue weighted by molar-refractivity contribution is -0.139. The largest absolute Gasteiger partial charge is 0.481 e. The van der Waals surface area contributed by atoms with Gasteiger partial charge in [0.25, 0.3) is 0 Å². The maximum atomic E-state index is 11.8. The van der Waals surface area contributed by atoms with Gasteiger partial charge in [0.1, 0.15) is 0 Å². The van der Waals surface area contributed by atoms with Crippen LogP contribution in [0.1, 0.15) is 38.5 Å². The SMILES string of the molecule is NC(=O)CSCCC(=O)NC1(CC(=O)O)CCCC1. The van der Waals surface area contributed by atoms with Gasteiger partial charge in [-0.2, -0.15) is 11.8 Å². The van der Waals surface area contributed by atoms with Gasteiger partial charge < -0.3 is 16.2 Å². The Labute approximate surface area is 116 Å². The minimum Gasteiger partial charge on any atom is -0.481 e. The van der Waals surface area contributed by atoms with Crippen LogP contribution in [0.25, 0.3) is 0 Å². The first-order valence-corrected chi connectivity index (χ1v) is 7.48. The molecule has 0 aromatic carbocycles. The first-order valence-electron chi connectivity index (χ1n) is 6.32. The highest BCUT2D eigenvalue weighted by molar-refractivity contribution is 7.99. The van der Waals surface area contributed by atoms with Gasteiger partial charge in [-0.15, -0.1) is 0 Å². The number of hydrogen-bond donors (Lipinski definition) is 3. The van der Waals surface area contributed by atoms with E-state index in [9.17, 15) is 14.4 Å². The van der Waals surface area contributed by atoms with E-state index in [0.717, 1.165) is 25.7 Å². The zero-order chi connectivity index (χ0) is 14.3. The molecule has 0 aromatic heterocycles. The molecule has 6 nitrogen and oxygen atoms in total. The topological polar surface area (TPSA) is 109 Å².